The first-order chi connectivity index (χ1) is 16.4. The minimum atomic E-state index is -1.32. The lowest BCUT2D eigenvalue weighted by Gasteiger charge is -2.34. The van der Waals surface area contributed by atoms with Crippen molar-refractivity contribution in [3.8, 4) is 0 Å². The van der Waals surface area contributed by atoms with Crippen molar-refractivity contribution < 1.29 is 14.4 Å². The molecule has 3 aromatic rings. The van der Waals surface area contributed by atoms with E-state index in [-0.39, 0.29) is 12.0 Å². The summed E-state index contributed by atoms with van der Waals surface area (Å²) >= 11 is 12.3. The van der Waals surface area contributed by atoms with Crippen molar-refractivity contribution in [1.82, 2.24) is 4.98 Å². The zero-order valence-corrected chi connectivity index (χ0v) is 19.5. The Labute approximate surface area is 205 Å². The molecule has 2 aromatic carbocycles. The first kappa shape index (κ1) is 22.1. The van der Waals surface area contributed by atoms with E-state index in [1.807, 2.05) is 12.1 Å². The molecule has 7 nitrogen and oxygen atoms in total. The maximum absolute atomic E-state index is 13.7. The number of amides is 2. The van der Waals surface area contributed by atoms with Crippen LogP contribution in [0.5, 0.6) is 0 Å². The first-order valence-corrected chi connectivity index (χ1v) is 11.2. The number of hydrogen-bond acceptors (Lipinski definition) is 5. The second kappa shape index (κ2) is 8.59. The van der Waals surface area contributed by atoms with Crippen LogP contribution in [-0.4, -0.2) is 28.2 Å². The largest absolute Gasteiger partial charge is 0.361 e. The molecule has 2 aliphatic rings. The smallest absolute Gasteiger partial charge is 0.267 e. The van der Waals surface area contributed by atoms with Crippen LogP contribution in [0.3, 0.4) is 0 Å². The van der Waals surface area contributed by atoms with Crippen LogP contribution in [0.2, 0.25) is 10.0 Å². The topological polar surface area (TPSA) is 83.9 Å². The van der Waals surface area contributed by atoms with Gasteiger partial charge in [0, 0.05) is 33.2 Å². The summed E-state index contributed by atoms with van der Waals surface area (Å²) in [5.41, 5.74) is 1.23. The molecule has 1 unspecified atom stereocenters. The van der Waals surface area contributed by atoms with Crippen molar-refractivity contribution in [2.24, 2.45) is 5.16 Å². The van der Waals surface area contributed by atoms with Gasteiger partial charge in [-0.15, -0.1) is 0 Å². The second-order valence-corrected chi connectivity index (χ2v) is 8.76. The Morgan fingerprint density at radius 2 is 1.82 bits per heavy atom. The molecule has 0 bridgehead atoms. The van der Waals surface area contributed by atoms with Crippen molar-refractivity contribution in [2.45, 2.75) is 19.1 Å². The van der Waals surface area contributed by atoms with Crippen molar-refractivity contribution >= 4 is 52.1 Å². The van der Waals surface area contributed by atoms with Gasteiger partial charge in [0.1, 0.15) is 11.3 Å². The average molecular weight is 493 g/mol. The van der Waals surface area contributed by atoms with Crippen molar-refractivity contribution in [2.75, 3.05) is 10.2 Å². The Morgan fingerprint density at radius 1 is 1.06 bits per heavy atom. The normalized spacial score (nSPS) is 19.4. The monoisotopic (exact) mass is 492 g/mol. The number of nitrogens with zero attached hydrogens (tertiary/aromatic N) is 3. The third-order valence-electron chi connectivity index (χ3n) is 5.79. The minimum absolute atomic E-state index is 0.0302. The Balaban J connectivity index is 1.57. The molecule has 2 aliphatic heterocycles. The molecule has 0 radical (unpaired) electrons. The van der Waals surface area contributed by atoms with E-state index in [2.05, 4.69) is 15.5 Å². The predicted molar refractivity (Wildman–Crippen MR) is 131 cm³/mol. The highest BCUT2D eigenvalue weighted by atomic mass is 35.5. The number of hydrogen-bond donors (Lipinski definition) is 1. The van der Waals surface area contributed by atoms with Gasteiger partial charge in [-0.25, -0.2) is 0 Å². The van der Waals surface area contributed by atoms with Crippen molar-refractivity contribution in [3.63, 3.8) is 0 Å². The van der Waals surface area contributed by atoms with E-state index in [0.717, 1.165) is 0 Å². The molecule has 0 saturated heterocycles. The van der Waals surface area contributed by atoms with Crippen LogP contribution in [0.25, 0.3) is 0 Å². The van der Waals surface area contributed by atoms with E-state index >= 15 is 0 Å². The van der Waals surface area contributed by atoms with E-state index in [1.54, 1.807) is 67.7 Å². The molecule has 3 heterocycles. The fraction of sp³-hybridized carbons (Fsp3) is 0.120. The Morgan fingerprint density at radius 3 is 2.53 bits per heavy atom. The van der Waals surface area contributed by atoms with Gasteiger partial charge in [-0.05, 0) is 55.5 Å². The lowest BCUT2D eigenvalue weighted by Crippen LogP contribution is -2.49. The van der Waals surface area contributed by atoms with Gasteiger partial charge in [-0.3, -0.25) is 19.5 Å². The summed E-state index contributed by atoms with van der Waals surface area (Å²) in [6.07, 6.45) is 1.87. The maximum atomic E-state index is 13.7. The SMILES string of the molecule is CC1=C(C(=O)Nc2cccc(Cl)c2)C(=O)N(c2cccc(Cl)c2)C12CC(c1ccccn1)=NO2. The van der Waals surface area contributed by atoms with E-state index in [4.69, 9.17) is 28.0 Å². The number of anilines is 2. The number of carbonyl (C=O) groups excluding carboxylic acids is 2. The summed E-state index contributed by atoms with van der Waals surface area (Å²) in [7, 11) is 0. The molecule has 170 valence electrons. The van der Waals surface area contributed by atoms with Gasteiger partial charge >= 0.3 is 0 Å². The Bertz CT molecular complexity index is 1370. The number of halogens is 2. The average Bonchev–Trinajstić information content (AvgIpc) is 3.34. The van der Waals surface area contributed by atoms with Crippen LogP contribution in [-0.2, 0) is 14.4 Å². The van der Waals surface area contributed by atoms with Gasteiger partial charge in [0.05, 0.1) is 12.1 Å². The molecule has 34 heavy (non-hydrogen) atoms. The van der Waals surface area contributed by atoms with Gasteiger partial charge in [-0.2, -0.15) is 0 Å². The summed E-state index contributed by atoms with van der Waals surface area (Å²) in [4.78, 5) is 38.7. The molecule has 2 amide bonds. The van der Waals surface area contributed by atoms with Crippen LogP contribution in [0.15, 0.2) is 89.2 Å². The lowest BCUT2D eigenvalue weighted by molar-refractivity contribution is -0.120. The summed E-state index contributed by atoms with van der Waals surface area (Å²) in [6, 6.07) is 19.0. The fourth-order valence-electron chi connectivity index (χ4n) is 4.18. The maximum Gasteiger partial charge on any atom is 0.267 e. The quantitative estimate of drug-likeness (QED) is 0.506. The molecule has 0 aliphatic carbocycles. The molecule has 1 spiro atoms. The van der Waals surface area contributed by atoms with Gasteiger partial charge in [0.15, 0.2) is 0 Å². The molecule has 5 rings (SSSR count). The number of pyridine rings is 1. The van der Waals surface area contributed by atoms with Crippen LogP contribution < -0.4 is 10.2 Å². The molecule has 1 aromatic heterocycles. The molecular weight excluding hydrogens is 475 g/mol. The van der Waals surface area contributed by atoms with Crippen LogP contribution in [0.1, 0.15) is 19.0 Å². The minimum Gasteiger partial charge on any atom is -0.361 e. The summed E-state index contributed by atoms with van der Waals surface area (Å²) in [6.45, 7) is 1.70. The molecule has 1 atom stereocenters. The van der Waals surface area contributed by atoms with Gasteiger partial charge in [-0.1, -0.05) is 46.6 Å². The molecule has 1 N–H and O–H groups in total. The number of oxime groups is 1. The van der Waals surface area contributed by atoms with E-state index < -0.39 is 17.5 Å². The summed E-state index contributed by atoms with van der Waals surface area (Å²) in [5.74, 6) is -1.08. The third kappa shape index (κ3) is 3.73. The fourth-order valence-corrected chi connectivity index (χ4v) is 4.56. The van der Waals surface area contributed by atoms with E-state index in [0.29, 0.717) is 38.4 Å². The zero-order chi connectivity index (χ0) is 23.9. The molecule has 9 heteroatoms. The standard InChI is InChI=1S/C25H18Cl2N4O3/c1-15-22(23(32)29-18-8-4-6-16(26)12-18)24(33)31(19-9-5-7-17(27)13-19)25(15)14-21(30-34-25)20-10-2-3-11-28-20/h2-13H,14H2,1H3,(H,29,32). The van der Waals surface area contributed by atoms with Crippen LogP contribution in [0, 0.1) is 0 Å². The van der Waals surface area contributed by atoms with Gasteiger partial charge in [0.2, 0.25) is 5.72 Å². The zero-order valence-electron chi connectivity index (χ0n) is 18.0. The molecule has 0 fully saturated rings. The number of carbonyl (C=O) groups is 2. The molecular formula is C25H18Cl2N4O3. The highest BCUT2D eigenvalue weighted by Gasteiger charge is 2.58. The third-order valence-corrected chi connectivity index (χ3v) is 6.26. The van der Waals surface area contributed by atoms with E-state index in [1.165, 1.54) is 4.90 Å². The highest BCUT2D eigenvalue weighted by Crippen LogP contribution is 2.46. The first-order valence-electron chi connectivity index (χ1n) is 10.4. The number of nitrogens with one attached hydrogen (secondary N) is 1. The lowest BCUT2D eigenvalue weighted by atomic mass is 9.95. The van der Waals surface area contributed by atoms with Crippen LogP contribution in [0.4, 0.5) is 11.4 Å². The number of rotatable bonds is 4. The van der Waals surface area contributed by atoms with E-state index in [9.17, 15) is 9.59 Å². The number of aromatic nitrogens is 1. The molecule has 0 saturated carbocycles. The van der Waals surface area contributed by atoms with Crippen molar-refractivity contribution in [3.05, 3.63) is 99.8 Å². The second-order valence-electron chi connectivity index (χ2n) is 7.89. The van der Waals surface area contributed by atoms with Crippen LogP contribution >= 0.6 is 23.2 Å². The Hall–Kier alpha value is -3.68. The predicted octanol–water partition coefficient (Wildman–Crippen LogP) is 5.21. The Kier molecular flexibility index (Phi) is 5.59. The van der Waals surface area contributed by atoms with Gasteiger partial charge < -0.3 is 10.2 Å². The summed E-state index contributed by atoms with van der Waals surface area (Å²) < 4.78 is 0. The summed E-state index contributed by atoms with van der Waals surface area (Å²) in [5, 5.41) is 7.92. The van der Waals surface area contributed by atoms with Gasteiger partial charge in [0.25, 0.3) is 11.8 Å². The highest BCUT2D eigenvalue weighted by molar-refractivity contribution is 6.33. The van der Waals surface area contributed by atoms with Crippen molar-refractivity contribution in [1.29, 1.82) is 0 Å². The number of benzene rings is 2.